The van der Waals surface area contributed by atoms with E-state index in [0.29, 0.717) is 17.7 Å². The Morgan fingerprint density at radius 1 is 1.23 bits per heavy atom. The van der Waals surface area contributed by atoms with Crippen LogP contribution in [0.25, 0.3) is 0 Å². The van der Waals surface area contributed by atoms with Gasteiger partial charge in [-0.05, 0) is 30.7 Å². The van der Waals surface area contributed by atoms with Gasteiger partial charge in [0.2, 0.25) is 5.78 Å². The summed E-state index contributed by atoms with van der Waals surface area (Å²) in [6.45, 7) is 0. The van der Waals surface area contributed by atoms with Crippen LogP contribution in [0.3, 0.4) is 0 Å². The number of hydrogen-bond donors (Lipinski definition) is 0. The van der Waals surface area contributed by atoms with E-state index in [1.807, 2.05) is 30.3 Å². The molecule has 1 unspecified atom stereocenters. The molecular formula is C22H19F2N3O3. The number of anilines is 1. The molecule has 6 nitrogen and oxygen atoms in total. The predicted molar refractivity (Wildman–Crippen MR) is 110 cm³/mol. The highest BCUT2D eigenvalue weighted by Crippen LogP contribution is 2.43. The normalized spacial score (nSPS) is 19.6. The first-order valence-electron chi connectivity index (χ1n) is 9.40. The number of hydrazone groups is 1. The van der Waals surface area contributed by atoms with Crippen LogP contribution in [0.4, 0.5) is 14.5 Å². The second-order valence-electron chi connectivity index (χ2n) is 6.72. The fourth-order valence-electron chi connectivity index (χ4n) is 3.46. The van der Waals surface area contributed by atoms with Crippen molar-refractivity contribution in [3.63, 3.8) is 0 Å². The number of ether oxygens (including phenoxy) is 2. The van der Waals surface area contributed by atoms with Crippen molar-refractivity contribution in [2.45, 2.75) is 25.2 Å². The van der Waals surface area contributed by atoms with E-state index < -0.39 is 6.29 Å². The summed E-state index contributed by atoms with van der Waals surface area (Å²) in [5, 5.41) is 6.14. The molecule has 0 radical (unpaired) electrons. The summed E-state index contributed by atoms with van der Waals surface area (Å²) < 4.78 is 35.7. The van der Waals surface area contributed by atoms with E-state index in [2.05, 4.69) is 19.6 Å². The number of nitrogens with zero attached hydrogens (tertiary/aromatic N) is 3. The maximum absolute atomic E-state index is 13.3. The third-order valence-corrected chi connectivity index (χ3v) is 4.78. The van der Waals surface area contributed by atoms with Gasteiger partial charge >= 0.3 is 6.29 Å². The number of fused-ring (bicyclic) bond motifs is 1. The molecule has 2 heterocycles. The first kappa shape index (κ1) is 19.8. The smallest absolute Gasteiger partial charge is 0.395 e. The molecule has 1 atom stereocenters. The Kier molecular flexibility index (Phi) is 5.31. The number of ketones is 1. The summed E-state index contributed by atoms with van der Waals surface area (Å²) in [5.41, 5.74) is 1.74. The van der Waals surface area contributed by atoms with E-state index in [-0.39, 0.29) is 29.7 Å². The van der Waals surface area contributed by atoms with Gasteiger partial charge in [-0.3, -0.25) is 14.8 Å². The molecule has 0 saturated heterocycles. The van der Waals surface area contributed by atoms with Gasteiger partial charge < -0.3 is 9.47 Å². The number of alkyl halides is 2. The van der Waals surface area contributed by atoms with E-state index >= 15 is 0 Å². The summed E-state index contributed by atoms with van der Waals surface area (Å²) in [6, 6.07) is 13.9. The van der Waals surface area contributed by atoms with Crippen molar-refractivity contribution < 1.29 is 23.0 Å². The van der Waals surface area contributed by atoms with Gasteiger partial charge in [0.25, 0.3) is 0 Å². The number of carbonyl (C=O) groups excluding carboxylic acids is 1. The summed E-state index contributed by atoms with van der Waals surface area (Å²) in [7, 11) is 1.57. The highest BCUT2D eigenvalue weighted by atomic mass is 19.3. The van der Waals surface area contributed by atoms with Crippen LogP contribution in [-0.2, 0) is 11.2 Å². The SMILES string of the molecule is CN=C(C(=O)/C=C\Cc1cccc2c1OC(F)(F)O2)C1CC=NN1c1ccccc1. The summed E-state index contributed by atoms with van der Waals surface area (Å²) >= 11 is 0. The molecule has 0 saturated carbocycles. The Bertz CT molecular complexity index is 1040. The van der Waals surface area contributed by atoms with Gasteiger partial charge in [-0.25, -0.2) is 0 Å². The second kappa shape index (κ2) is 8.06. The van der Waals surface area contributed by atoms with Crippen molar-refractivity contribution in [3.05, 3.63) is 66.2 Å². The van der Waals surface area contributed by atoms with E-state index in [0.717, 1.165) is 5.69 Å². The van der Waals surface area contributed by atoms with Gasteiger partial charge in [0.15, 0.2) is 11.5 Å². The Balaban J connectivity index is 1.46. The molecule has 0 amide bonds. The molecule has 154 valence electrons. The molecule has 0 bridgehead atoms. The van der Waals surface area contributed by atoms with Crippen LogP contribution >= 0.6 is 0 Å². The molecule has 0 spiro atoms. The summed E-state index contributed by atoms with van der Waals surface area (Å²) in [6.07, 6.45) is 1.87. The third-order valence-electron chi connectivity index (χ3n) is 4.78. The average molecular weight is 411 g/mol. The molecule has 0 aliphatic carbocycles. The number of allylic oxidation sites excluding steroid dienone is 2. The standard InChI is InChI=1S/C22H19F2N3O3/c1-25-20(17-13-14-26-27(17)16-9-3-2-4-10-16)18(28)11-5-7-15-8-6-12-19-21(15)30-22(23,24)29-19/h2-6,8-12,14,17H,7,13H2,1H3/b11-5-,25-20?. The molecule has 30 heavy (non-hydrogen) atoms. The first-order valence-corrected chi connectivity index (χ1v) is 9.40. The molecule has 0 N–H and O–H groups in total. The minimum atomic E-state index is -3.68. The second-order valence-corrected chi connectivity index (χ2v) is 6.72. The number of para-hydroxylation sites is 2. The first-order chi connectivity index (χ1) is 14.5. The van der Waals surface area contributed by atoms with Gasteiger partial charge in [-0.15, -0.1) is 8.78 Å². The van der Waals surface area contributed by atoms with Crippen molar-refractivity contribution in [1.29, 1.82) is 0 Å². The maximum atomic E-state index is 13.3. The predicted octanol–water partition coefficient (Wildman–Crippen LogP) is 4.01. The number of aliphatic imine (C=N–C) groups is 1. The zero-order chi connectivity index (χ0) is 21.1. The lowest BCUT2D eigenvalue weighted by Gasteiger charge is -2.24. The number of rotatable bonds is 6. The Labute approximate surface area is 172 Å². The largest absolute Gasteiger partial charge is 0.586 e. The highest BCUT2D eigenvalue weighted by molar-refractivity contribution is 6.46. The van der Waals surface area contributed by atoms with Crippen molar-refractivity contribution in [2.75, 3.05) is 12.1 Å². The van der Waals surface area contributed by atoms with E-state index in [4.69, 9.17) is 0 Å². The average Bonchev–Trinajstić information content (AvgIpc) is 3.33. The third kappa shape index (κ3) is 3.94. The van der Waals surface area contributed by atoms with Gasteiger partial charge in [-0.2, -0.15) is 5.10 Å². The lowest BCUT2D eigenvalue weighted by molar-refractivity contribution is -0.286. The summed E-state index contributed by atoms with van der Waals surface area (Å²) in [4.78, 5) is 17.0. The minimum absolute atomic E-state index is 0.0107. The van der Waals surface area contributed by atoms with Crippen molar-refractivity contribution in [3.8, 4) is 11.5 Å². The Morgan fingerprint density at radius 3 is 2.80 bits per heavy atom. The van der Waals surface area contributed by atoms with Crippen molar-refractivity contribution >= 4 is 23.4 Å². The van der Waals surface area contributed by atoms with Crippen molar-refractivity contribution in [2.24, 2.45) is 10.1 Å². The van der Waals surface area contributed by atoms with Crippen LogP contribution < -0.4 is 14.5 Å². The Morgan fingerprint density at radius 2 is 2.03 bits per heavy atom. The van der Waals surface area contributed by atoms with Gasteiger partial charge in [0.05, 0.1) is 5.69 Å². The van der Waals surface area contributed by atoms with Crippen LogP contribution in [-0.4, -0.2) is 37.1 Å². The summed E-state index contributed by atoms with van der Waals surface area (Å²) in [5.74, 6) is -0.290. The molecule has 4 rings (SSSR count). The number of hydrogen-bond acceptors (Lipinski definition) is 6. The fourth-order valence-corrected chi connectivity index (χ4v) is 3.46. The van der Waals surface area contributed by atoms with Crippen LogP contribution in [0.5, 0.6) is 11.5 Å². The maximum Gasteiger partial charge on any atom is 0.586 e. The van der Waals surface area contributed by atoms with E-state index in [9.17, 15) is 13.6 Å². The number of halogens is 2. The van der Waals surface area contributed by atoms with Gasteiger partial charge in [0, 0.05) is 25.2 Å². The molecule has 2 aliphatic rings. The minimum Gasteiger partial charge on any atom is -0.395 e. The topological polar surface area (TPSA) is 63.5 Å². The fraction of sp³-hybridized carbons (Fsp3) is 0.227. The lowest BCUT2D eigenvalue weighted by atomic mass is 10.0. The van der Waals surface area contributed by atoms with Crippen molar-refractivity contribution in [1.82, 2.24) is 0 Å². The molecule has 8 heteroatoms. The monoisotopic (exact) mass is 411 g/mol. The van der Waals surface area contributed by atoms with Gasteiger partial charge in [-0.1, -0.05) is 36.4 Å². The zero-order valence-corrected chi connectivity index (χ0v) is 16.2. The van der Waals surface area contributed by atoms with Crippen LogP contribution in [0.15, 0.2) is 70.8 Å². The highest BCUT2D eigenvalue weighted by Gasteiger charge is 2.44. The number of benzene rings is 2. The van der Waals surface area contributed by atoms with E-state index in [1.54, 1.807) is 36.5 Å². The molecule has 2 aliphatic heterocycles. The van der Waals surface area contributed by atoms with Crippen LogP contribution in [0, 0.1) is 0 Å². The molecule has 2 aromatic rings. The molecular weight excluding hydrogens is 392 g/mol. The van der Waals surface area contributed by atoms with Gasteiger partial charge in [0.1, 0.15) is 11.8 Å². The van der Waals surface area contributed by atoms with Crippen LogP contribution in [0.2, 0.25) is 0 Å². The van der Waals surface area contributed by atoms with E-state index in [1.165, 1.54) is 12.1 Å². The Hall–Kier alpha value is -3.55. The van der Waals surface area contributed by atoms with Crippen LogP contribution in [0.1, 0.15) is 12.0 Å². The zero-order valence-electron chi connectivity index (χ0n) is 16.2. The molecule has 2 aromatic carbocycles. The molecule has 0 fully saturated rings. The lowest BCUT2D eigenvalue weighted by Crippen LogP contribution is -2.38. The quantitative estimate of drug-likeness (QED) is 0.532. The molecule has 0 aromatic heterocycles. The number of carbonyl (C=O) groups is 1.